The fourth-order valence-corrected chi connectivity index (χ4v) is 3.36. The number of para-hydroxylation sites is 1. The molecule has 0 spiro atoms. The highest BCUT2D eigenvalue weighted by Crippen LogP contribution is 2.23. The maximum Gasteiger partial charge on any atom is 0.317 e. The zero-order valence-electron chi connectivity index (χ0n) is 15.2. The molecule has 134 valence electrons. The van der Waals surface area contributed by atoms with Gasteiger partial charge >= 0.3 is 6.03 Å². The maximum absolute atomic E-state index is 12.6. The molecule has 2 N–H and O–H groups in total. The van der Waals surface area contributed by atoms with E-state index in [1.807, 2.05) is 17.0 Å². The van der Waals surface area contributed by atoms with Crippen molar-refractivity contribution < 1.29 is 9.90 Å². The lowest BCUT2D eigenvalue weighted by Crippen LogP contribution is -2.43. The van der Waals surface area contributed by atoms with Crippen LogP contribution in [0, 0.1) is 11.8 Å². The molecule has 2 rings (SSSR count). The average molecular weight is 333 g/mol. The first-order chi connectivity index (χ1) is 11.5. The van der Waals surface area contributed by atoms with Gasteiger partial charge in [-0.1, -0.05) is 32.0 Å². The van der Waals surface area contributed by atoms with Crippen molar-refractivity contribution in [3.63, 3.8) is 0 Å². The smallest absolute Gasteiger partial charge is 0.317 e. The summed E-state index contributed by atoms with van der Waals surface area (Å²) in [6.07, 6.45) is 1.76. The molecule has 1 atom stereocenters. The van der Waals surface area contributed by atoms with Crippen molar-refractivity contribution >= 4 is 11.7 Å². The zero-order chi connectivity index (χ0) is 17.5. The lowest BCUT2D eigenvalue weighted by Gasteiger charge is -2.24. The van der Waals surface area contributed by atoms with Gasteiger partial charge in [0, 0.05) is 45.5 Å². The highest BCUT2D eigenvalue weighted by atomic mass is 16.3. The van der Waals surface area contributed by atoms with Crippen LogP contribution in [0.15, 0.2) is 24.3 Å². The molecule has 24 heavy (non-hydrogen) atoms. The number of fused-ring (bicyclic) bond motifs is 1. The van der Waals surface area contributed by atoms with Gasteiger partial charge in [0.1, 0.15) is 0 Å². The molecule has 0 fully saturated rings. The molecule has 5 nitrogen and oxygen atoms in total. The van der Waals surface area contributed by atoms with Crippen LogP contribution in [-0.2, 0) is 6.54 Å². The number of anilines is 1. The minimum atomic E-state index is -0.00759. The number of nitrogens with zero attached hydrogens (tertiary/aromatic N) is 2. The number of hydrogen-bond acceptors (Lipinski definition) is 3. The van der Waals surface area contributed by atoms with Crippen LogP contribution < -0.4 is 10.2 Å². The molecule has 1 aromatic rings. The Hall–Kier alpha value is -1.75. The standard InChI is InChI=1S/C19H31N3O2/c1-15(2)12-16(8-11-23)13-20-19(24)22-10-9-21(3)18-7-5-4-6-17(18)14-22/h4-7,15-16,23H,8-14H2,1-3H3,(H,20,24). The van der Waals surface area contributed by atoms with Crippen molar-refractivity contribution in [1.29, 1.82) is 0 Å². The number of rotatable bonds is 6. The van der Waals surface area contributed by atoms with Crippen molar-refractivity contribution in [3.8, 4) is 0 Å². The molecule has 0 aliphatic carbocycles. The van der Waals surface area contributed by atoms with E-state index < -0.39 is 0 Å². The van der Waals surface area contributed by atoms with E-state index in [2.05, 4.69) is 43.2 Å². The molecule has 0 saturated carbocycles. The first-order valence-corrected chi connectivity index (χ1v) is 8.94. The third kappa shape index (κ3) is 5.13. The molecule has 0 bridgehead atoms. The van der Waals surface area contributed by atoms with Gasteiger partial charge in [-0.25, -0.2) is 4.79 Å². The molecular formula is C19H31N3O2. The van der Waals surface area contributed by atoms with Crippen LogP contribution in [0.25, 0.3) is 0 Å². The highest BCUT2D eigenvalue weighted by molar-refractivity contribution is 5.75. The molecule has 1 aliphatic heterocycles. The molecule has 0 aromatic heterocycles. The number of urea groups is 1. The Morgan fingerprint density at radius 2 is 2.04 bits per heavy atom. The normalized spacial score (nSPS) is 15.9. The van der Waals surface area contributed by atoms with Crippen LogP contribution >= 0.6 is 0 Å². The van der Waals surface area contributed by atoms with Crippen molar-refractivity contribution in [2.75, 3.05) is 38.2 Å². The number of aliphatic hydroxyl groups is 1. The molecule has 1 unspecified atom stereocenters. The molecule has 5 heteroatoms. The Morgan fingerprint density at radius 1 is 1.29 bits per heavy atom. The van der Waals surface area contributed by atoms with Crippen LogP contribution in [-0.4, -0.2) is 49.3 Å². The van der Waals surface area contributed by atoms with Crippen molar-refractivity contribution in [1.82, 2.24) is 10.2 Å². The van der Waals surface area contributed by atoms with Crippen LogP contribution in [0.3, 0.4) is 0 Å². The Bertz CT molecular complexity index is 533. The summed E-state index contributed by atoms with van der Waals surface area (Å²) in [7, 11) is 2.07. The van der Waals surface area contributed by atoms with Crippen molar-refractivity contribution in [2.24, 2.45) is 11.8 Å². The quantitative estimate of drug-likeness (QED) is 0.841. The number of carbonyl (C=O) groups is 1. The predicted octanol–water partition coefficient (Wildman–Crippen LogP) is 2.69. The minimum absolute atomic E-state index is 0.00759. The fourth-order valence-electron chi connectivity index (χ4n) is 3.36. The summed E-state index contributed by atoms with van der Waals surface area (Å²) in [5, 5.41) is 12.3. The first kappa shape index (κ1) is 18.6. The number of amides is 2. The monoisotopic (exact) mass is 333 g/mol. The van der Waals surface area contributed by atoms with E-state index in [0.717, 1.165) is 19.4 Å². The zero-order valence-corrected chi connectivity index (χ0v) is 15.2. The van der Waals surface area contributed by atoms with Crippen molar-refractivity contribution in [2.45, 2.75) is 33.2 Å². The Balaban J connectivity index is 1.95. The van der Waals surface area contributed by atoms with Gasteiger partial charge in [0.15, 0.2) is 0 Å². The molecule has 1 aliphatic rings. The number of aliphatic hydroxyl groups excluding tert-OH is 1. The summed E-state index contributed by atoms with van der Waals surface area (Å²) in [5.41, 5.74) is 2.38. The number of hydrogen-bond donors (Lipinski definition) is 2. The number of benzene rings is 1. The van der Waals surface area contributed by atoms with Crippen LogP contribution in [0.4, 0.5) is 10.5 Å². The van der Waals surface area contributed by atoms with Gasteiger partial charge in [0.05, 0.1) is 0 Å². The van der Waals surface area contributed by atoms with Gasteiger partial charge < -0.3 is 20.2 Å². The van der Waals surface area contributed by atoms with Crippen LogP contribution in [0.5, 0.6) is 0 Å². The molecular weight excluding hydrogens is 302 g/mol. The number of carbonyl (C=O) groups excluding carboxylic acids is 1. The second-order valence-corrected chi connectivity index (χ2v) is 7.17. The molecule has 0 radical (unpaired) electrons. The van der Waals surface area contributed by atoms with Crippen LogP contribution in [0.2, 0.25) is 0 Å². The van der Waals surface area contributed by atoms with Gasteiger partial charge in [-0.15, -0.1) is 0 Å². The Labute approximate surface area is 145 Å². The Kier molecular flexibility index (Phi) is 6.91. The van der Waals surface area contributed by atoms with Gasteiger partial charge in [-0.2, -0.15) is 0 Å². The second kappa shape index (κ2) is 8.92. The Morgan fingerprint density at radius 3 is 2.75 bits per heavy atom. The van der Waals surface area contributed by atoms with E-state index in [1.54, 1.807) is 0 Å². The summed E-state index contributed by atoms with van der Waals surface area (Å²) in [6, 6.07) is 8.25. The second-order valence-electron chi connectivity index (χ2n) is 7.17. The summed E-state index contributed by atoms with van der Waals surface area (Å²) in [6.45, 7) is 7.34. The average Bonchev–Trinajstić information content (AvgIpc) is 2.72. The van der Waals surface area contributed by atoms with E-state index >= 15 is 0 Å². The van der Waals surface area contributed by atoms with E-state index in [-0.39, 0.29) is 12.6 Å². The lowest BCUT2D eigenvalue weighted by atomic mass is 9.94. The third-order valence-corrected chi connectivity index (χ3v) is 4.64. The summed E-state index contributed by atoms with van der Waals surface area (Å²) in [4.78, 5) is 16.7. The van der Waals surface area contributed by atoms with Gasteiger partial charge in [0.25, 0.3) is 0 Å². The fraction of sp³-hybridized carbons (Fsp3) is 0.632. The highest BCUT2D eigenvalue weighted by Gasteiger charge is 2.21. The van der Waals surface area contributed by atoms with Crippen molar-refractivity contribution in [3.05, 3.63) is 29.8 Å². The largest absolute Gasteiger partial charge is 0.396 e. The first-order valence-electron chi connectivity index (χ1n) is 8.94. The predicted molar refractivity (Wildman–Crippen MR) is 98.2 cm³/mol. The van der Waals surface area contributed by atoms with E-state index in [0.29, 0.717) is 31.5 Å². The maximum atomic E-state index is 12.6. The molecule has 1 heterocycles. The van der Waals surface area contributed by atoms with Gasteiger partial charge in [0.2, 0.25) is 0 Å². The summed E-state index contributed by atoms with van der Waals surface area (Å²) >= 11 is 0. The van der Waals surface area contributed by atoms with Gasteiger partial charge in [-0.05, 0) is 36.3 Å². The molecule has 1 aromatic carbocycles. The van der Waals surface area contributed by atoms with E-state index in [1.165, 1.54) is 11.3 Å². The SMILES string of the molecule is CC(C)CC(CCO)CNC(=O)N1CCN(C)c2ccccc2C1. The number of likely N-dealkylation sites (N-methyl/N-ethyl adjacent to an activating group) is 1. The minimum Gasteiger partial charge on any atom is -0.396 e. The van der Waals surface area contributed by atoms with Gasteiger partial charge in [-0.3, -0.25) is 0 Å². The third-order valence-electron chi connectivity index (χ3n) is 4.64. The molecule has 0 saturated heterocycles. The topological polar surface area (TPSA) is 55.8 Å². The number of nitrogens with one attached hydrogen (secondary N) is 1. The summed E-state index contributed by atoms with van der Waals surface area (Å²) in [5.74, 6) is 0.901. The van der Waals surface area contributed by atoms with E-state index in [9.17, 15) is 9.90 Å². The molecule has 2 amide bonds. The lowest BCUT2D eigenvalue weighted by molar-refractivity contribution is 0.191. The van der Waals surface area contributed by atoms with Crippen LogP contribution in [0.1, 0.15) is 32.3 Å². The van der Waals surface area contributed by atoms with E-state index in [4.69, 9.17) is 0 Å². The summed E-state index contributed by atoms with van der Waals surface area (Å²) < 4.78 is 0.